The van der Waals surface area contributed by atoms with Gasteiger partial charge in [0.15, 0.2) is 0 Å². The second kappa shape index (κ2) is 8.39. The Bertz CT molecular complexity index is 842. The maximum absolute atomic E-state index is 10.1. The molecule has 4 heteroatoms. The van der Waals surface area contributed by atoms with Gasteiger partial charge in [-0.3, -0.25) is 9.80 Å². The summed E-state index contributed by atoms with van der Waals surface area (Å²) in [5.74, 6) is 0.248. The molecule has 0 saturated carbocycles. The molecule has 0 bridgehead atoms. The Labute approximate surface area is 162 Å². The van der Waals surface area contributed by atoms with Crippen LogP contribution in [-0.2, 0) is 0 Å². The van der Waals surface area contributed by atoms with Gasteiger partial charge in [0.25, 0.3) is 0 Å². The van der Waals surface area contributed by atoms with Crippen LogP contribution in [0.15, 0.2) is 61.2 Å². The Kier molecular flexibility index (Phi) is 5.95. The number of nitriles is 1. The van der Waals surface area contributed by atoms with Crippen LogP contribution in [0.25, 0.3) is 0 Å². The van der Waals surface area contributed by atoms with Crippen LogP contribution in [0.3, 0.4) is 0 Å². The van der Waals surface area contributed by atoms with Crippen molar-refractivity contribution in [3.8, 4) is 11.8 Å². The van der Waals surface area contributed by atoms with Crippen LogP contribution in [0.5, 0.6) is 5.75 Å². The smallest absolute Gasteiger partial charge is 0.115 e. The Morgan fingerprint density at radius 1 is 1.19 bits per heavy atom. The van der Waals surface area contributed by atoms with E-state index in [9.17, 15) is 10.4 Å². The first kappa shape index (κ1) is 19.2. The molecular weight excluding hydrogens is 334 g/mol. The summed E-state index contributed by atoms with van der Waals surface area (Å²) in [6, 6.07) is 18.1. The Hall–Kier alpha value is -2.61. The lowest BCUT2D eigenvalue weighted by Crippen LogP contribution is -2.57. The van der Waals surface area contributed by atoms with Crippen molar-refractivity contribution in [3.05, 3.63) is 77.9 Å². The van der Waals surface area contributed by atoms with E-state index in [4.69, 9.17) is 0 Å². The number of phenolic OH excluding ortho intramolecular Hbond substituents is 1. The molecular formula is C23H27N3O. The molecule has 0 radical (unpaired) electrons. The summed E-state index contributed by atoms with van der Waals surface area (Å²) >= 11 is 0. The molecule has 27 heavy (non-hydrogen) atoms. The fourth-order valence-electron chi connectivity index (χ4n) is 4.09. The number of benzene rings is 2. The molecule has 1 saturated heterocycles. The van der Waals surface area contributed by atoms with E-state index in [-0.39, 0.29) is 11.8 Å². The van der Waals surface area contributed by atoms with Crippen LogP contribution >= 0.6 is 0 Å². The van der Waals surface area contributed by atoms with Crippen molar-refractivity contribution < 1.29 is 5.11 Å². The average molecular weight is 361 g/mol. The predicted molar refractivity (Wildman–Crippen MR) is 109 cm³/mol. The molecule has 1 N–H and O–H groups in total. The van der Waals surface area contributed by atoms with Crippen LogP contribution in [0.2, 0.25) is 0 Å². The summed E-state index contributed by atoms with van der Waals surface area (Å²) in [6.45, 7) is 11.0. The van der Waals surface area contributed by atoms with E-state index in [2.05, 4.69) is 36.3 Å². The summed E-state index contributed by atoms with van der Waals surface area (Å²) in [6.07, 6.45) is 1.95. The van der Waals surface area contributed by atoms with Gasteiger partial charge in [0.2, 0.25) is 0 Å². The molecule has 1 fully saturated rings. The first-order valence-electron chi connectivity index (χ1n) is 9.43. The number of hydrogen-bond donors (Lipinski definition) is 1. The topological polar surface area (TPSA) is 50.5 Å². The number of hydrogen-bond acceptors (Lipinski definition) is 4. The SMILES string of the molecule is C=CCN1C[C@H](C)N([C@H](c2cccc(O)c2)c2ccccc2C#N)C[C@H]1C. The largest absolute Gasteiger partial charge is 0.508 e. The molecule has 4 nitrogen and oxygen atoms in total. The van der Waals surface area contributed by atoms with E-state index in [0.717, 1.165) is 30.8 Å². The second-order valence-electron chi connectivity index (χ2n) is 7.33. The van der Waals surface area contributed by atoms with Gasteiger partial charge in [0.1, 0.15) is 5.75 Å². The molecule has 0 aliphatic carbocycles. The van der Waals surface area contributed by atoms with E-state index in [1.54, 1.807) is 6.07 Å². The van der Waals surface area contributed by atoms with E-state index < -0.39 is 0 Å². The minimum absolute atomic E-state index is 0.0729. The fourth-order valence-corrected chi connectivity index (χ4v) is 4.09. The van der Waals surface area contributed by atoms with Crippen molar-refractivity contribution in [2.24, 2.45) is 0 Å². The molecule has 3 rings (SSSR count). The van der Waals surface area contributed by atoms with E-state index >= 15 is 0 Å². The van der Waals surface area contributed by atoms with Gasteiger partial charge in [-0.15, -0.1) is 6.58 Å². The molecule has 1 aliphatic rings. The van der Waals surface area contributed by atoms with Crippen LogP contribution in [0, 0.1) is 11.3 Å². The predicted octanol–water partition coefficient (Wildman–Crippen LogP) is 3.93. The highest BCUT2D eigenvalue weighted by Gasteiger charge is 2.35. The van der Waals surface area contributed by atoms with Gasteiger partial charge in [-0.25, -0.2) is 0 Å². The average Bonchev–Trinajstić information content (AvgIpc) is 2.66. The van der Waals surface area contributed by atoms with Crippen molar-refractivity contribution in [1.82, 2.24) is 9.80 Å². The standard InChI is InChI=1S/C23H27N3O/c1-4-12-25-15-18(3)26(16-17(25)2)23(19-9-7-10-21(27)13-19)22-11-6-5-8-20(22)14-24/h4-11,13,17-18,23,27H,1,12,15-16H2,2-3H3/t17-,18+,23-/m1/s1. The van der Waals surface area contributed by atoms with Gasteiger partial charge in [-0.1, -0.05) is 36.4 Å². The third-order valence-corrected chi connectivity index (χ3v) is 5.42. The summed E-state index contributed by atoms with van der Waals surface area (Å²) in [4.78, 5) is 4.89. The number of rotatable bonds is 5. The third-order valence-electron chi connectivity index (χ3n) is 5.42. The zero-order valence-corrected chi connectivity index (χ0v) is 16.0. The van der Waals surface area contributed by atoms with Crippen molar-refractivity contribution in [3.63, 3.8) is 0 Å². The van der Waals surface area contributed by atoms with Gasteiger partial charge >= 0.3 is 0 Å². The van der Waals surface area contributed by atoms with E-state index in [1.807, 2.05) is 48.5 Å². The van der Waals surface area contributed by atoms with E-state index in [0.29, 0.717) is 17.6 Å². The normalized spacial score (nSPS) is 22.1. The van der Waals surface area contributed by atoms with Gasteiger partial charge < -0.3 is 5.11 Å². The molecule has 0 unspecified atom stereocenters. The van der Waals surface area contributed by atoms with E-state index in [1.165, 1.54) is 0 Å². The summed E-state index contributed by atoms with van der Waals surface area (Å²) in [7, 11) is 0. The van der Waals surface area contributed by atoms with Crippen molar-refractivity contribution in [1.29, 1.82) is 5.26 Å². The molecule has 2 aromatic rings. The monoisotopic (exact) mass is 361 g/mol. The maximum Gasteiger partial charge on any atom is 0.115 e. The molecule has 1 heterocycles. The van der Waals surface area contributed by atoms with Gasteiger partial charge in [-0.05, 0) is 43.2 Å². The summed E-state index contributed by atoms with van der Waals surface area (Å²) in [5, 5.41) is 19.7. The number of phenols is 1. The van der Waals surface area contributed by atoms with Crippen molar-refractivity contribution >= 4 is 0 Å². The lowest BCUT2D eigenvalue weighted by molar-refractivity contribution is 0.0305. The highest BCUT2D eigenvalue weighted by Crippen LogP contribution is 2.35. The maximum atomic E-state index is 10.1. The summed E-state index contributed by atoms with van der Waals surface area (Å²) in [5.41, 5.74) is 2.68. The molecule has 0 aromatic heterocycles. The molecule has 0 spiro atoms. The zero-order valence-electron chi connectivity index (χ0n) is 16.0. The minimum atomic E-state index is -0.0729. The van der Waals surface area contributed by atoms with Gasteiger partial charge in [0.05, 0.1) is 17.7 Å². The lowest BCUT2D eigenvalue weighted by Gasteiger charge is -2.47. The minimum Gasteiger partial charge on any atom is -0.508 e. The number of piperazine rings is 1. The first-order valence-corrected chi connectivity index (χ1v) is 9.43. The lowest BCUT2D eigenvalue weighted by atomic mass is 9.90. The van der Waals surface area contributed by atoms with Crippen molar-refractivity contribution in [2.75, 3.05) is 19.6 Å². The van der Waals surface area contributed by atoms with Crippen LogP contribution in [0.1, 0.15) is 36.6 Å². The Morgan fingerprint density at radius 3 is 2.67 bits per heavy atom. The Balaban J connectivity index is 2.05. The van der Waals surface area contributed by atoms with Crippen LogP contribution in [0.4, 0.5) is 0 Å². The third kappa shape index (κ3) is 4.05. The van der Waals surface area contributed by atoms with Gasteiger partial charge in [0, 0.05) is 31.7 Å². The molecule has 0 amide bonds. The quantitative estimate of drug-likeness (QED) is 0.820. The molecule has 1 aliphatic heterocycles. The highest BCUT2D eigenvalue weighted by atomic mass is 16.3. The van der Waals surface area contributed by atoms with Crippen LogP contribution < -0.4 is 0 Å². The van der Waals surface area contributed by atoms with Crippen LogP contribution in [-0.4, -0.2) is 46.6 Å². The zero-order chi connectivity index (χ0) is 19.4. The highest BCUT2D eigenvalue weighted by molar-refractivity contribution is 5.45. The van der Waals surface area contributed by atoms with Crippen molar-refractivity contribution in [2.45, 2.75) is 32.0 Å². The summed E-state index contributed by atoms with van der Waals surface area (Å²) < 4.78 is 0. The molecule has 140 valence electrons. The first-order chi connectivity index (χ1) is 13.0. The number of nitrogens with zero attached hydrogens (tertiary/aromatic N) is 3. The van der Waals surface area contributed by atoms with Gasteiger partial charge in [-0.2, -0.15) is 5.26 Å². The second-order valence-corrected chi connectivity index (χ2v) is 7.33. The molecule has 3 atom stereocenters. The fraction of sp³-hybridized carbons (Fsp3) is 0.348. The molecule has 2 aromatic carbocycles. The Morgan fingerprint density at radius 2 is 1.96 bits per heavy atom. The number of aromatic hydroxyl groups is 1.